The van der Waals surface area contributed by atoms with Gasteiger partial charge in [0.1, 0.15) is 5.82 Å². The lowest BCUT2D eigenvalue weighted by Crippen LogP contribution is -2.32. The zero-order valence-corrected chi connectivity index (χ0v) is 10.3. The van der Waals surface area contributed by atoms with Crippen molar-refractivity contribution in [3.8, 4) is 12.3 Å². The van der Waals surface area contributed by atoms with E-state index < -0.39 is 5.82 Å². The Morgan fingerprint density at radius 3 is 2.82 bits per heavy atom. The lowest BCUT2D eigenvalue weighted by molar-refractivity contribution is -0.129. The van der Waals surface area contributed by atoms with Crippen LogP contribution in [0.1, 0.15) is 12.5 Å². The van der Waals surface area contributed by atoms with Gasteiger partial charge in [-0.3, -0.25) is 4.79 Å². The number of amides is 1. The normalized spacial score (nSPS) is 9.76. The molecule has 2 nitrogen and oxygen atoms in total. The molecule has 0 N–H and O–H groups in total. The van der Waals surface area contributed by atoms with E-state index >= 15 is 0 Å². The predicted octanol–water partition coefficient (Wildman–Crippen LogP) is 2.50. The Morgan fingerprint density at radius 1 is 1.59 bits per heavy atom. The van der Waals surface area contributed by atoms with Crippen LogP contribution in [0, 0.1) is 18.2 Å². The molecule has 0 aromatic heterocycles. The molecule has 0 aliphatic rings. The summed E-state index contributed by atoms with van der Waals surface area (Å²) in [7, 11) is 0. The Morgan fingerprint density at radius 2 is 2.29 bits per heavy atom. The monoisotopic (exact) mass is 253 g/mol. The van der Waals surface area contributed by atoms with Crippen molar-refractivity contribution >= 4 is 17.5 Å². The highest BCUT2D eigenvalue weighted by molar-refractivity contribution is 6.31. The first kappa shape index (κ1) is 13.5. The fourth-order valence-corrected chi connectivity index (χ4v) is 1.68. The third kappa shape index (κ3) is 3.47. The number of carbonyl (C=O) groups excluding carboxylic acids is 1. The number of hydrogen-bond acceptors (Lipinski definition) is 1. The van der Waals surface area contributed by atoms with Crippen LogP contribution in [0.15, 0.2) is 18.2 Å². The first-order chi connectivity index (χ1) is 8.10. The van der Waals surface area contributed by atoms with Crippen molar-refractivity contribution in [3.05, 3.63) is 34.6 Å². The lowest BCUT2D eigenvalue weighted by Gasteiger charge is -2.18. The highest BCUT2D eigenvalue weighted by Gasteiger charge is 2.15. The van der Waals surface area contributed by atoms with Crippen LogP contribution in [0.4, 0.5) is 4.39 Å². The summed E-state index contributed by atoms with van der Waals surface area (Å²) in [6.07, 6.45) is 5.08. The standard InChI is InChI=1S/C13H13ClFNO/c1-3-8-16(4-2)13(17)9-10-11(14)6-5-7-12(10)15/h1,5-7H,4,8-9H2,2H3. The Labute approximate surface area is 105 Å². The maximum atomic E-state index is 13.5. The van der Waals surface area contributed by atoms with Crippen LogP contribution in [0.25, 0.3) is 0 Å². The van der Waals surface area contributed by atoms with Gasteiger partial charge in [0.2, 0.25) is 5.91 Å². The molecule has 0 unspecified atom stereocenters. The zero-order valence-electron chi connectivity index (χ0n) is 9.54. The maximum Gasteiger partial charge on any atom is 0.227 e. The third-order valence-corrected chi connectivity index (χ3v) is 2.76. The summed E-state index contributed by atoms with van der Waals surface area (Å²) in [4.78, 5) is 13.3. The number of hydrogen-bond donors (Lipinski definition) is 0. The molecule has 0 saturated heterocycles. The second-order valence-corrected chi connectivity index (χ2v) is 3.90. The van der Waals surface area contributed by atoms with Gasteiger partial charge in [0.05, 0.1) is 13.0 Å². The molecule has 0 saturated carbocycles. The van der Waals surface area contributed by atoms with Gasteiger partial charge in [-0.25, -0.2) is 4.39 Å². The molecule has 1 amide bonds. The van der Waals surface area contributed by atoms with Crippen molar-refractivity contribution in [2.75, 3.05) is 13.1 Å². The topological polar surface area (TPSA) is 20.3 Å². The highest BCUT2D eigenvalue weighted by Crippen LogP contribution is 2.20. The molecule has 0 atom stereocenters. The molecule has 0 spiro atoms. The Bertz CT molecular complexity index is 433. The van der Waals surface area contributed by atoms with E-state index in [-0.39, 0.29) is 29.5 Å². The van der Waals surface area contributed by atoms with Crippen LogP contribution >= 0.6 is 11.6 Å². The van der Waals surface area contributed by atoms with Crippen molar-refractivity contribution < 1.29 is 9.18 Å². The molecule has 1 aromatic rings. The van der Waals surface area contributed by atoms with Gasteiger partial charge >= 0.3 is 0 Å². The molecule has 4 heteroatoms. The van der Waals surface area contributed by atoms with Crippen molar-refractivity contribution in [3.63, 3.8) is 0 Å². The number of likely N-dealkylation sites (N-methyl/N-ethyl adjacent to an activating group) is 1. The fraction of sp³-hybridized carbons (Fsp3) is 0.308. The number of carbonyl (C=O) groups is 1. The predicted molar refractivity (Wildman–Crippen MR) is 66.2 cm³/mol. The van der Waals surface area contributed by atoms with Crippen molar-refractivity contribution in [1.29, 1.82) is 0 Å². The van der Waals surface area contributed by atoms with E-state index in [0.717, 1.165) is 0 Å². The van der Waals surface area contributed by atoms with Crippen LogP contribution in [0.2, 0.25) is 5.02 Å². The molecular formula is C13H13ClFNO. The van der Waals surface area contributed by atoms with Crippen LogP contribution in [0.3, 0.4) is 0 Å². The fourth-order valence-electron chi connectivity index (χ4n) is 1.45. The quantitative estimate of drug-likeness (QED) is 0.755. The molecular weight excluding hydrogens is 241 g/mol. The molecule has 0 radical (unpaired) electrons. The summed E-state index contributed by atoms with van der Waals surface area (Å²) >= 11 is 5.85. The van der Waals surface area contributed by atoms with E-state index in [1.165, 1.54) is 17.0 Å². The smallest absolute Gasteiger partial charge is 0.227 e. The second-order valence-electron chi connectivity index (χ2n) is 3.49. The van der Waals surface area contributed by atoms with E-state index in [4.69, 9.17) is 18.0 Å². The van der Waals surface area contributed by atoms with Crippen LogP contribution < -0.4 is 0 Å². The number of rotatable bonds is 4. The molecule has 0 bridgehead atoms. The highest BCUT2D eigenvalue weighted by atomic mass is 35.5. The lowest BCUT2D eigenvalue weighted by atomic mass is 10.1. The third-order valence-electron chi connectivity index (χ3n) is 2.41. The molecule has 0 fully saturated rings. The summed E-state index contributed by atoms with van der Waals surface area (Å²) in [5, 5.41) is 0.259. The Balaban J connectivity index is 2.84. The zero-order chi connectivity index (χ0) is 12.8. The summed E-state index contributed by atoms with van der Waals surface area (Å²) in [5.41, 5.74) is 0.217. The van der Waals surface area contributed by atoms with Gasteiger partial charge in [-0.05, 0) is 19.1 Å². The Hall–Kier alpha value is -1.53. The SMILES string of the molecule is C#CCN(CC)C(=O)Cc1c(F)cccc1Cl. The summed E-state index contributed by atoms with van der Waals surface area (Å²) in [6, 6.07) is 4.35. The number of terminal acetylenes is 1. The van der Waals surface area contributed by atoms with Crippen LogP contribution in [0.5, 0.6) is 0 Å². The number of benzene rings is 1. The van der Waals surface area contributed by atoms with Gasteiger partial charge in [0.25, 0.3) is 0 Å². The van der Waals surface area contributed by atoms with E-state index in [2.05, 4.69) is 5.92 Å². The van der Waals surface area contributed by atoms with Crippen molar-refractivity contribution in [2.45, 2.75) is 13.3 Å². The average Bonchev–Trinajstić information content (AvgIpc) is 2.30. The van der Waals surface area contributed by atoms with E-state index in [1.54, 1.807) is 6.07 Å². The minimum absolute atomic E-state index is 0.0684. The molecule has 0 heterocycles. The van der Waals surface area contributed by atoms with Gasteiger partial charge < -0.3 is 4.90 Å². The molecule has 90 valence electrons. The maximum absolute atomic E-state index is 13.5. The molecule has 1 rings (SSSR count). The van der Waals surface area contributed by atoms with Gasteiger partial charge in [-0.15, -0.1) is 6.42 Å². The summed E-state index contributed by atoms with van der Waals surface area (Å²) in [6.45, 7) is 2.54. The number of halogens is 2. The van der Waals surface area contributed by atoms with Gasteiger partial charge in [-0.1, -0.05) is 23.6 Å². The van der Waals surface area contributed by atoms with Gasteiger partial charge in [-0.2, -0.15) is 0 Å². The van der Waals surface area contributed by atoms with Gasteiger partial charge in [0, 0.05) is 17.1 Å². The van der Waals surface area contributed by atoms with Crippen molar-refractivity contribution in [1.82, 2.24) is 4.90 Å². The first-order valence-electron chi connectivity index (χ1n) is 5.24. The average molecular weight is 254 g/mol. The minimum atomic E-state index is -0.470. The van der Waals surface area contributed by atoms with E-state index in [9.17, 15) is 9.18 Å². The summed E-state index contributed by atoms with van der Waals surface area (Å²) < 4.78 is 13.5. The molecule has 1 aromatic carbocycles. The number of nitrogens with zero attached hydrogens (tertiary/aromatic N) is 1. The largest absolute Gasteiger partial charge is 0.332 e. The van der Waals surface area contributed by atoms with E-state index in [0.29, 0.717) is 6.54 Å². The van der Waals surface area contributed by atoms with Gasteiger partial charge in [0.15, 0.2) is 0 Å². The van der Waals surface area contributed by atoms with Crippen LogP contribution in [-0.2, 0) is 11.2 Å². The minimum Gasteiger partial charge on any atom is -0.332 e. The Kier molecular flexibility index (Phi) is 4.99. The molecule has 17 heavy (non-hydrogen) atoms. The first-order valence-corrected chi connectivity index (χ1v) is 5.62. The van der Waals surface area contributed by atoms with Crippen LogP contribution in [-0.4, -0.2) is 23.9 Å². The molecule has 0 aliphatic heterocycles. The second kappa shape index (κ2) is 6.27. The summed E-state index contributed by atoms with van der Waals surface area (Å²) in [5.74, 6) is 1.70. The van der Waals surface area contributed by atoms with E-state index in [1.807, 2.05) is 6.92 Å². The molecule has 0 aliphatic carbocycles. The van der Waals surface area contributed by atoms with Crippen molar-refractivity contribution in [2.24, 2.45) is 0 Å².